The maximum absolute atomic E-state index is 14.0. The number of unbranched alkanes of at least 4 members (excludes halogenated alkanes) is 1. The molecule has 0 aliphatic heterocycles. The highest BCUT2D eigenvalue weighted by Crippen LogP contribution is 2.42. The molecule has 31 heavy (non-hydrogen) atoms. The van der Waals surface area contributed by atoms with Gasteiger partial charge in [-0.15, -0.1) is 0 Å². The van der Waals surface area contributed by atoms with Gasteiger partial charge in [0, 0.05) is 11.6 Å². The summed E-state index contributed by atoms with van der Waals surface area (Å²) in [6.07, 6.45) is 10.2. The summed E-state index contributed by atoms with van der Waals surface area (Å²) < 4.78 is 64.8. The monoisotopic (exact) mass is 442 g/mol. The first-order valence-corrected chi connectivity index (χ1v) is 11.9. The first-order chi connectivity index (χ1) is 14.7. The Kier molecular flexibility index (Phi) is 8.58. The first kappa shape index (κ1) is 24.3. The lowest BCUT2D eigenvalue weighted by Gasteiger charge is -2.37. The molecule has 0 radical (unpaired) electrons. The lowest BCUT2D eigenvalue weighted by Crippen LogP contribution is -2.25. The third-order valence-electron chi connectivity index (χ3n) is 7.52. The van der Waals surface area contributed by atoms with E-state index >= 15 is 0 Å². The molecule has 0 nitrogen and oxygen atoms in total. The minimum atomic E-state index is -4.59. The zero-order valence-electron chi connectivity index (χ0n) is 18.5. The van der Waals surface area contributed by atoms with Crippen LogP contribution in [0.2, 0.25) is 0 Å². The van der Waals surface area contributed by atoms with Crippen LogP contribution in [0.4, 0.5) is 22.0 Å². The Morgan fingerprint density at radius 3 is 1.94 bits per heavy atom. The van der Waals surface area contributed by atoms with Crippen molar-refractivity contribution < 1.29 is 22.0 Å². The van der Waals surface area contributed by atoms with E-state index in [4.69, 9.17) is 0 Å². The molecule has 0 N–H and O–H groups in total. The summed E-state index contributed by atoms with van der Waals surface area (Å²) >= 11 is 0. The van der Waals surface area contributed by atoms with Crippen LogP contribution in [-0.2, 0) is 6.42 Å². The average molecular weight is 443 g/mol. The molecule has 0 aromatic heterocycles. The van der Waals surface area contributed by atoms with E-state index in [0.29, 0.717) is 18.1 Å². The molecule has 0 unspecified atom stereocenters. The molecule has 0 atom stereocenters. The molecule has 0 amide bonds. The van der Waals surface area contributed by atoms with E-state index in [1.54, 1.807) is 0 Å². The number of alkyl halides is 3. The standard InChI is InChI=1S/C26H35F5/c1-18-6-10-21(11-7-18)22-12-8-19(9-13-22)4-2-3-5-20-16-24(27)23(25(28)17-20)14-15-26(29,30)31/h14-19,21-22H,2-13H2,1H3/b15-14+. The minimum absolute atomic E-state index is 0.141. The maximum atomic E-state index is 14.0. The summed E-state index contributed by atoms with van der Waals surface area (Å²) in [5.74, 6) is 1.65. The topological polar surface area (TPSA) is 0 Å². The zero-order valence-corrected chi connectivity index (χ0v) is 18.5. The van der Waals surface area contributed by atoms with E-state index in [1.165, 1.54) is 51.4 Å². The van der Waals surface area contributed by atoms with Gasteiger partial charge in [0.15, 0.2) is 0 Å². The predicted octanol–water partition coefficient (Wildman–Crippen LogP) is 8.89. The summed E-state index contributed by atoms with van der Waals surface area (Å²) in [4.78, 5) is 0. The van der Waals surface area contributed by atoms with Gasteiger partial charge in [-0.2, -0.15) is 13.2 Å². The Morgan fingerprint density at radius 1 is 0.839 bits per heavy atom. The molecule has 0 bridgehead atoms. The van der Waals surface area contributed by atoms with Gasteiger partial charge < -0.3 is 0 Å². The zero-order chi connectivity index (χ0) is 22.4. The first-order valence-electron chi connectivity index (χ1n) is 11.9. The molecule has 2 fully saturated rings. The van der Waals surface area contributed by atoms with Crippen molar-refractivity contribution in [2.45, 2.75) is 90.1 Å². The van der Waals surface area contributed by atoms with Crippen molar-refractivity contribution in [1.82, 2.24) is 0 Å². The van der Waals surface area contributed by atoms with Gasteiger partial charge in [-0.05, 0) is 86.0 Å². The fourth-order valence-electron chi connectivity index (χ4n) is 5.59. The summed E-state index contributed by atoms with van der Waals surface area (Å²) in [6, 6.07) is 2.32. The second-order valence-corrected chi connectivity index (χ2v) is 9.89. The highest BCUT2D eigenvalue weighted by atomic mass is 19.4. The largest absolute Gasteiger partial charge is 0.409 e. The van der Waals surface area contributed by atoms with E-state index in [-0.39, 0.29) is 6.08 Å². The van der Waals surface area contributed by atoms with E-state index in [9.17, 15) is 22.0 Å². The highest BCUT2D eigenvalue weighted by Gasteiger charge is 2.29. The van der Waals surface area contributed by atoms with Crippen LogP contribution in [0.1, 0.15) is 88.7 Å². The van der Waals surface area contributed by atoms with Crippen LogP contribution in [0.5, 0.6) is 0 Å². The van der Waals surface area contributed by atoms with Crippen molar-refractivity contribution in [1.29, 1.82) is 0 Å². The molecule has 5 heteroatoms. The summed E-state index contributed by atoms with van der Waals surface area (Å²) in [5.41, 5.74) is -0.125. The summed E-state index contributed by atoms with van der Waals surface area (Å²) in [7, 11) is 0. The Bertz CT molecular complexity index is 697. The lowest BCUT2D eigenvalue weighted by atomic mass is 9.69. The number of halogens is 5. The van der Waals surface area contributed by atoms with E-state index in [0.717, 1.165) is 55.1 Å². The Labute approximate surface area is 183 Å². The molecular formula is C26H35F5. The van der Waals surface area contributed by atoms with Gasteiger partial charge in [0.2, 0.25) is 0 Å². The van der Waals surface area contributed by atoms with Crippen molar-refractivity contribution in [2.24, 2.45) is 23.7 Å². The number of rotatable bonds is 7. The normalized spacial score (nSPS) is 27.7. The van der Waals surface area contributed by atoms with Crippen LogP contribution < -0.4 is 0 Å². The molecule has 2 saturated carbocycles. The van der Waals surface area contributed by atoms with Crippen molar-refractivity contribution >= 4 is 6.08 Å². The van der Waals surface area contributed by atoms with Crippen molar-refractivity contribution in [3.8, 4) is 0 Å². The minimum Gasteiger partial charge on any atom is -0.206 e. The molecule has 0 saturated heterocycles. The number of benzene rings is 1. The predicted molar refractivity (Wildman–Crippen MR) is 116 cm³/mol. The fraction of sp³-hybridized carbons (Fsp3) is 0.692. The summed E-state index contributed by atoms with van der Waals surface area (Å²) in [6.45, 7) is 2.37. The SMILES string of the molecule is CC1CCC(C2CCC(CCCCc3cc(F)c(/C=C/C(F)(F)F)c(F)c3)CC2)CC1. The van der Waals surface area contributed by atoms with E-state index < -0.39 is 23.4 Å². The number of allylic oxidation sites excluding steroid dienone is 1. The molecule has 3 rings (SSSR count). The molecule has 0 spiro atoms. The smallest absolute Gasteiger partial charge is 0.206 e. The van der Waals surface area contributed by atoms with Gasteiger partial charge in [0.05, 0.1) is 0 Å². The average Bonchev–Trinajstić information content (AvgIpc) is 2.71. The van der Waals surface area contributed by atoms with Crippen LogP contribution in [-0.4, -0.2) is 6.18 Å². The number of hydrogen-bond acceptors (Lipinski definition) is 0. The van der Waals surface area contributed by atoms with Gasteiger partial charge in [0.1, 0.15) is 11.6 Å². The highest BCUT2D eigenvalue weighted by molar-refractivity contribution is 5.52. The van der Waals surface area contributed by atoms with Crippen LogP contribution in [0.25, 0.3) is 6.08 Å². The van der Waals surface area contributed by atoms with Crippen LogP contribution in [0, 0.1) is 35.3 Å². The second kappa shape index (κ2) is 11.0. The van der Waals surface area contributed by atoms with Gasteiger partial charge in [-0.25, -0.2) is 8.78 Å². The Morgan fingerprint density at radius 2 is 1.39 bits per heavy atom. The molecular weight excluding hydrogens is 407 g/mol. The van der Waals surface area contributed by atoms with Gasteiger partial charge >= 0.3 is 6.18 Å². The molecule has 1 aromatic rings. The number of aryl methyl sites for hydroxylation is 1. The second-order valence-electron chi connectivity index (χ2n) is 9.89. The quantitative estimate of drug-likeness (QED) is 0.292. The lowest BCUT2D eigenvalue weighted by molar-refractivity contribution is -0.0790. The third-order valence-corrected chi connectivity index (χ3v) is 7.52. The van der Waals surface area contributed by atoms with E-state index in [2.05, 4.69) is 6.92 Å². The number of hydrogen-bond donors (Lipinski definition) is 0. The van der Waals surface area contributed by atoms with Gasteiger partial charge in [-0.3, -0.25) is 0 Å². The van der Waals surface area contributed by atoms with E-state index in [1.807, 2.05) is 0 Å². The summed E-state index contributed by atoms with van der Waals surface area (Å²) in [5, 5.41) is 0. The van der Waals surface area contributed by atoms with Crippen LogP contribution >= 0.6 is 0 Å². The molecule has 2 aliphatic carbocycles. The third kappa shape index (κ3) is 7.61. The maximum Gasteiger partial charge on any atom is 0.409 e. The molecule has 1 aromatic carbocycles. The Hall–Kier alpha value is -1.39. The fourth-order valence-corrected chi connectivity index (χ4v) is 5.59. The van der Waals surface area contributed by atoms with Gasteiger partial charge in [-0.1, -0.05) is 45.4 Å². The molecule has 0 heterocycles. The molecule has 174 valence electrons. The van der Waals surface area contributed by atoms with Crippen LogP contribution in [0.15, 0.2) is 18.2 Å². The van der Waals surface area contributed by atoms with Crippen molar-refractivity contribution in [3.05, 3.63) is 41.0 Å². The van der Waals surface area contributed by atoms with Crippen LogP contribution in [0.3, 0.4) is 0 Å². The van der Waals surface area contributed by atoms with Gasteiger partial charge in [0.25, 0.3) is 0 Å². The van der Waals surface area contributed by atoms with Crippen molar-refractivity contribution in [2.75, 3.05) is 0 Å². The molecule has 2 aliphatic rings. The Balaban J connectivity index is 1.38. The van der Waals surface area contributed by atoms with Crippen molar-refractivity contribution in [3.63, 3.8) is 0 Å².